The van der Waals surface area contributed by atoms with E-state index in [2.05, 4.69) is 11.1 Å². The van der Waals surface area contributed by atoms with E-state index in [-0.39, 0.29) is 11.6 Å². The molecule has 17 heavy (non-hydrogen) atoms. The molecule has 2 rings (SSSR count). The summed E-state index contributed by atoms with van der Waals surface area (Å²) in [6.45, 7) is 4.04. The van der Waals surface area contributed by atoms with Gasteiger partial charge in [-0.1, -0.05) is 19.9 Å². The fourth-order valence-electron chi connectivity index (χ4n) is 1.79. The minimum absolute atomic E-state index is 0.177. The van der Waals surface area contributed by atoms with Crippen molar-refractivity contribution < 1.29 is 0 Å². The highest BCUT2D eigenvalue weighted by atomic mass is 16.1. The Hall–Kier alpha value is -2.28. The predicted octanol–water partition coefficient (Wildman–Crippen LogP) is 2.16. The molecule has 0 unspecified atom stereocenters. The zero-order chi connectivity index (χ0) is 12.4. The summed E-state index contributed by atoms with van der Waals surface area (Å²) in [5.74, 6) is 0.236. The van der Waals surface area contributed by atoms with E-state index in [9.17, 15) is 4.79 Å². The first kappa shape index (κ1) is 11.2. The third-order valence-corrected chi connectivity index (χ3v) is 2.63. The van der Waals surface area contributed by atoms with Crippen LogP contribution >= 0.6 is 0 Å². The Labute approximate surface area is 99.1 Å². The molecule has 1 aromatic carbocycles. The van der Waals surface area contributed by atoms with Crippen molar-refractivity contribution in [1.82, 2.24) is 9.55 Å². The summed E-state index contributed by atoms with van der Waals surface area (Å²) in [5, 5.41) is 8.86. The van der Waals surface area contributed by atoms with E-state index in [1.165, 1.54) is 0 Å². The van der Waals surface area contributed by atoms with E-state index >= 15 is 0 Å². The number of nitriles is 1. The molecule has 0 aliphatic carbocycles. The van der Waals surface area contributed by atoms with Crippen LogP contribution in [0.15, 0.2) is 35.3 Å². The van der Waals surface area contributed by atoms with Gasteiger partial charge in [-0.15, -0.1) is 0 Å². The van der Waals surface area contributed by atoms with Crippen molar-refractivity contribution in [3.63, 3.8) is 0 Å². The van der Waals surface area contributed by atoms with Gasteiger partial charge in [0.25, 0.3) is 0 Å². The molecule has 1 aromatic heterocycles. The largest absolute Gasteiger partial charge is 0.330 e. The van der Waals surface area contributed by atoms with Gasteiger partial charge in [-0.05, 0) is 24.1 Å². The second kappa shape index (κ2) is 4.30. The van der Waals surface area contributed by atoms with Gasteiger partial charge in [0.1, 0.15) is 0 Å². The van der Waals surface area contributed by atoms with Crippen molar-refractivity contribution in [3.05, 3.63) is 52.2 Å². The number of aromatic nitrogens is 2. The van der Waals surface area contributed by atoms with Crippen LogP contribution < -0.4 is 5.69 Å². The first-order chi connectivity index (χ1) is 8.13. The van der Waals surface area contributed by atoms with E-state index in [0.717, 1.165) is 11.4 Å². The fourth-order valence-corrected chi connectivity index (χ4v) is 1.79. The van der Waals surface area contributed by atoms with Crippen molar-refractivity contribution in [2.75, 3.05) is 0 Å². The summed E-state index contributed by atoms with van der Waals surface area (Å²) in [6, 6.07) is 9.10. The van der Waals surface area contributed by atoms with Crippen LogP contribution in [-0.2, 0) is 0 Å². The Morgan fingerprint density at radius 2 is 2.18 bits per heavy atom. The first-order valence-corrected chi connectivity index (χ1v) is 5.44. The van der Waals surface area contributed by atoms with Gasteiger partial charge in [0, 0.05) is 11.9 Å². The van der Waals surface area contributed by atoms with Crippen molar-refractivity contribution >= 4 is 0 Å². The summed E-state index contributed by atoms with van der Waals surface area (Å²) in [6.07, 6.45) is 1.71. The SMILES string of the molecule is CC(C)c1c[nH]c(=O)n1-c1cccc(C#N)c1. The zero-order valence-corrected chi connectivity index (χ0v) is 9.77. The van der Waals surface area contributed by atoms with E-state index in [0.29, 0.717) is 5.56 Å². The van der Waals surface area contributed by atoms with Gasteiger partial charge in [0.15, 0.2) is 0 Å². The first-order valence-electron chi connectivity index (χ1n) is 5.44. The number of rotatable bonds is 2. The van der Waals surface area contributed by atoms with Crippen LogP contribution in [0.4, 0.5) is 0 Å². The molecule has 0 aliphatic rings. The minimum atomic E-state index is -0.177. The molecule has 4 heteroatoms. The van der Waals surface area contributed by atoms with Gasteiger partial charge in [0.2, 0.25) is 0 Å². The monoisotopic (exact) mass is 227 g/mol. The Bertz CT molecular complexity index is 629. The van der Waals surface area contributed by atoms with Crippen LogP contribution in [0, 0.1) is 11.3 Å². The maximum absolute atomic E-state index is 11.8. The molecule has 2 aromatic rings. The molecule has 0 fully saturated rings. The van der Waals surface area contributed by atoms with Crippen LogP contribution in [0.1, 0.15) is 31.0 Å². The average Bonchev–Trinajstić information content (AvgIpc) is 2.71. The van der Waals surface area contributed by atoms with Gasteiger partial charge < -0.3 is 4.98 Å². The molecule has 1 heterocycles. The number of nitrogens with one attached hydrogen (secondary N) is 1. The minimum Gasteiger partial charge on any atom is -0.312 e. The lowest BCUT2D eigenvalue weighted by Crippen LogP contribution is -2.17. The highest BCUT2D eigenvalue weighted by Gasteiger charge is 2.11. The van der Waals surface area contributed by atoms with E-state index in [1.807, 2.05) is 19.9 Å². The van der Waals surface area contributed by atoms with Crippen LogP contribution in [0.25, 0.3) is 5.69 Å². The topological polar surface area (TPSA) is 61.6 Å². The third-order valence-electron chi connectivity index (χ3n) is 2.63. The van der Waals surface area contributed by atoms with Crippen molar-refractivity contribution in [2.24, 2.45) is 0 Å². The number of hydrogen-bond acceptors (Lipinski definition) is 2. The smallest absolute Gasteiger partial charge is 0.312 e. The Morgan fingerprint density at radius 3 is 2.82 bits per heavy atom. The van der Waals surface area contributed by atoms with Gasteiger partial charge in [-0.2, -0.15) is 5.26 Å². The van der Waals surface area contributed by atoms with Gasteiger partial charge in [0.05, 0.1) is 17.3 Å². The highest BCUT2D eigenvalue weighted by Crippen LogP contribution is 2.17. The number of H-pyrrole nitrogens is 1. The molecule has 0 amide bonds. The van der Waals surface area contributed by atoms with Crippen LogP contribution in [-0.4, -0.2) is 9.55 Å². The average molecular weight is 227 g/mol. The molecule has 0 radical (unpaired) electrons. The molecule has 4 nitrogen and oxygen atoms in total. The molecule has 0 aliphatic heterocycles. The zero-order valence-electron chi connectivity index (χ0n) is 9.77. The maximum atomic E-state index is 11.8. The number of imidazole rings is 1. The van der Waals surface area contributed by atoms with Crippen molar-refractivity contribution in [3.8, 4) is 11.8 Å². The van der Waals surface area contributed by atoms with Crippen LogP contribution in [0.2, 0.25) is 0 Å². The van der Waals surface area contributed by atoms with Crippen LogP contribution in [0.5, 0.6) is 0 Å². The van der Waals surface area contributed by atoms with Gasteiger partial charge >= 0.3 is 5.69 Å². The molecule has 86 valence electrons. The Balaban J connectivity index is 2.64. The quantitative estimate of drug-likeness (QED) is 0.854. The molecular weight excluding hydrogens is 214 g/mol. The van der Waals surface area contributed by atoms with Crippen molar-refractivity contribution in [1.29, 1.82) is 5.26 Å². The van der Waals surface area contributed by atoms with E-state index in [1.54, 1.807) is 29.0 Å². The van der Waals surface area contributed by atoms with Gasteiger partial charge in [-0.25, -0.2) is 4.79 Å². The predicted molar refractivity (Wildman–Crippen MR) is 65.2 cm³/mol. The van der Waals surface area contributed by atoms with E-state index in [4.69, 9.17) is 5.26 Å². The number of hydrogen-bond donors (Lipinski definition) is 1. The normalized spacial score (nSPS) is 10.5. The third kappa shape index (κ3) is 2.00. The van der Waals surface area contributed by atoms with Crippen molar-refractivity contribution in [2.45, 2.75) is 19.8 Å². The summed E-state index contributed by atoms with van der Waals surface area (Å²) in [5.41, 5.74) is 2.00. The molecule has 0 atom stereocenters. The molecule has 0 spiro atoms. The van der Waals surface area contributed by atoms with Crippen LogP contribution in [0.3, 0.4) is 0 Å². The fraction of sp³-hybridized carbons (Fsp3) is 0.231. The molecule has 0 saturated heterocycles. The Kier molecular flexibility index (Phi) is 2.84. The molecular formula is C13H13N3O. The second-order valence-electron chi connectivity index (χ2n) is 4.17. The summed E-state index contributed by atoms with van der Waals surface area (Å²) in [7, 11) is 0. The summed E-state index contributed by atoms with van der Waals surface area (Å²) in [4.78, 5) is 14.4. The number of benzene rings is 1. The lowest BCUT2D eigenvalue weighted by Gasteiger charge is -2.09. The highest BCUT2D eigenvalue weighted by molar-refractivity contribution is 5.42. The maximum Gasteiger partial charge on any atom is 0.330 e. The summed E-state index contributed by atoms with van der Waals surface area (Å²) >= 11 is 0. The summed E-state index contributed by atoms with van der Waals surface area (Å²) < 4.78 is 1.60. The lowest BCUT2D eigenvalue weighted by atomic mass is 10.1. The lowest BCUT2D eigenvalue weighted by molar-refractivity contribution is 0.776. The van der Waals surface area contributed by atoms with Gasteiger partial charge in [-0.3, -0.25) is 4.57 Å². The van der Waals surface area contributed by atoms with E-state index < -0.39 is 0 Å². The standard InChI is InChI=1S/C13H13N3O/c1-9(2)12-8-15-13(17)16(12)11-5-3-4-10(6-11)7-14/h3-6,8-9H,1-2H3,(H,15,17). The molecule has 1 N–H and O–H groups in total. The number of nitrogens with zero attached hydrogens (tertiary/aromatic N) is 2. The molecule has 0 saturated carbocycles. The molecule has 0 bridgehead atoms. The number of aromatic amines is 1. The second-order valence-corrected chi connectivity index (χ2v) is 4.17. The Morgan fingerprint density at radius 1 is 1.41 bits per heavy atom.